The molecule has 0 amide bonds. The van der Waals surface area contributed by atoms with Gasteiger partial charge in [-0.2, -0.15) is 0 Å². The van der Waals surface area contributed by atoms with Crippen molar-refractivity contribution < 1.29 is 52.5 Å². The van der Waals surface area contributed by atoms with Crippen LogP contribution in [0.4, 0.5) is 0 Å². The first-order valence-electron chi connectivity index (χ1n) is 4.43. The number of carbonyl (C=O) groups excluding carboxylic acids is 1. The smallest absolute Gasteiger partial charge is 0.388 e. The van der Waals surface area contributed by atoms with E-state index in [4.69, 9.17) is 19.8 Å². The Morgan fingerprint density at radius 3 is 2.11 bits per heavy atom. The molecule has 7 N–H and O–H groups in total. The molecule has 0 aromatic carbocycles. The van der Waals surface area contributed by atoms with E-state index in [0.29, 0.717) is 0 Å². The van der Waals surface area contributed by atoms with E-state index in [0.717, 1.165) is 0 Å². The van der Waals surface area contributed by atoms with Crippen LogP contribution < -0.4 is 5.90 Å². The third-order valence-corrected chi connectivity index (χ3v) is 2.82. The van der Waals surface area contributed by atoms with Gasteiger partial charge in [-0.05, 0) is 0 Å². The van der Waals surface area contributed by atoms with E-state index >= 15 is 0 Å². The van der Waals surface area contributed by atoms with Crippen molar-refractivity contribution >= 4 is 21.4 Å². The van der Waals surface area contributed by atoms with Gasteiger partial charge in [0.2, 0.25) is 0 Å². The summed E-state index contributed by atoms with van der Waals surface area (Å²) < 4.78 is 32.3. The zero-order valence-corrected chi connectivity index (χ0v) is 11.0. The fourth-order valence-electron chi connectivity index (χ4n) is 0.740. The number of rotatable bonds is 9. The number of aliphatic hydroxyl groups is 2. The summed E-state index contributed by atoms with van der Waals surface area (Å²) in [5.74, 6) is 3.10. The summed E-state index contributed by atoms with van der Waals surface area (Å²) in [5, 5.41) is 18.4. The Labute approximate surface area is 106 Å². The molecule has 0 saturated carbocycles. The number of hydrogen-bond acceptors (Lipinski definition) is 9. The molecule has 1 unspecified atom stereocenters. The minimum absolute atomic E-state index is 1.04. The molecule has 0 fully saturated rings. The topological polar surface area (TPSA) is 206 Å². The lowest BCUT2D eigenvalue weighted by Crippen LogP contribution is -2.38. The molecule has 3 atom stereocenters. The fourth-order valence-corrected chi connectivity index (χ4v) is 1.44. The summed E-state index contributed by atoms with van der Waals surface area (Å²) in [6.07, 6.45) is -4.12. The average Bonchev–Trinajstić information content (AvgIpc) is 2.31. The van der Waals surface area contributed by atoms with Crippen LogP contribution in [0, 0.1) is 0 Å². The number of phosphoric acid groups is 2. The highest BCUT2D eigenvalue weighted by atomic mass is 31.2. The van der Waals surface area contributed by atoms with Gasteiger partial charge in [0.25, 0.3) is 0 Å². The van der Waals surface area contributed by atoms with E-state index < -0.39 is 46.9 Å². The Hall–Kier alpha value is -0.230. The maximum absolute atomic E-state index is 11.2. The Balaban J connectivity index is 4.26. The SMILES string of the molecule is NOP(=O)(O)OCC(=O)[C@@H](O)[C@@H](O)COP(=O)(O)O. The summed E-state index contributed by atoms with van der Waals surface area (Å²) in [5.41, 5.74) is 0. The normalized spacial score (nSPS) is 18.6. The van der Waals surface area contributed by atoms with Crippen LogP contribution in [0.15, 0.2) is 0 Å². The Kier molecular flexibility index (Phi) is 7.43. The number of hydrogen-bond donors (Lipinski definition) is 6. The van der Waals surface area contributed by atoms with Crippen LogP contribution >= 0.6 is 15.6 Å². The van der Waals surface area contributed by atoms with E-state index in [1.54, 1.807) is 0 Å². The van der Waals surface area contributed by atoms with E-state index in [1.165, 1.54) is 0 Å². The molecule has 0 spiro atoms. The highest BCUT2D eigenvalue weighted by Gasteiger charge is 2.30. The van der Waals surface area contributed by atoms with Crippen LogP contribution in [-0.2, 0) is 27.6 Å². The molecule has 12 nitrogen and oxygen atoms in total. The van der Waals surface area contributed by atoms with Gasteiger partial charge in [0.15, 0.2) is 5.78 Å². The van der Waals surface area contributed by atoms with Crippen LogP contribution in [-0.4, -0.2) is 56.1 Å². The van der Waals surface area contributed by atoms with E-state index in [2.05, 4.69) is 19.6 Å². The van der Waals surface area contributed by atoms with Gasteiger partial charge in [-0.1, -0.05) is 0 Å². The minimum atomic E-state index is -4.87. The largest absolute Gasteiger partial charge is 0.489 e. The van der Waals surface area contributed by atoms with E-state index in [1.807, 2.05) is 0 Å². The van der Waals surface area contributed by atoms with Crippen LogP contribution in [0.25, 0.3) is 0 Å². The molecule has 0 saturated heterocycles. The van der Waals surface area contributed by atoms with E-state index in [-0.39, 0.29) is 0 Å². The van der Waals surface area contributed by atoms with Gasteiger partial charge in [0.1, 0.15) is 18.8 Å². The number of phosphoric ester groups is 2. The highest BCUT2D eigenvalue weighted by molar-refractivity contribution is 7.47. The molecule has 0 aliphatic rings. The van der Waals surface area contributed by atoms with Crippen molar-refractivity contribution in [1.29, 1.82) is 0 Å². The van der Waals surface area contributed by atoms with Crippen molar-refractivity contribution in [3.8, 4) is 0 Å². The number of ketones is 1. The summed E-state index contributed by atoms with van der Waals surface area (Å²) in [6, 6.07) is 0. The van der Waals surface area contributed by atoms with Crippen molar-refractivity contribution in [2.75, 3.05) is 13.2 Å². The Morgan fingerprint density at radius 1 is 1.16 bits per heavy atom. The van der Waals surface area contributed by atoms with Crippen molar-refractivity contribution in [1.82, 2.24) is 0 Å². The lowest BCUT2D eigenvalue weighted by atomic mass is 10.1. The summed E-state index contributed by atoms with van der Waals surface area (Å²) in [7, 11) is -9.50. The van der Waals surface area contributed by atoms with Gasteiger partial charge >= 0.3 is 15.6 Å². The molecular weight excluding hydrogens is 312 g/mol. The molecule has 0 aliphatic carbocycles. The lowest BCUT2D eigenvalue weighted by molar-refractivity contribution is -0.137. The third-order valence-electron chi connectivity index (χ3n) is 1.61. The molecule has 0 aromatic heterocycles. The predicted octanol–water partition coefficient (Wildman–Crippen LogP) is -2.61. The average molecular weight is 325 g/mol. The Morgan fingerprint density at radius 2 is 1.68 bits per heavy atom. The van der Waals surface area contributed by atoms with Gasteiger partial charge in [0.05, 0.1) is 6.61 Å². The van der Waals surface area contributed by atoms with Gasteiger partial charge in [-0.25, -0.2) is 19.7 Å². The minimum Gasteiger partial charge on any atom is -0.388 e. The van der Waals surface area contributed by atoms with Gasteiger partial charge in [0, 0.05) is 0 Å². The second kappa shape index (κ2) is 7.53. The standard InChI is InChI=1S/C5H13NO11P2/c6-17-19(13,14)16-2-4(8)5(9)3(7)1-15-18(10,11)12/h3,5,7,9H,1-2,6H2,(H,13,14)(H2,10,11,12)/t3-,5-/m0/s1. The molecule has 0 rings (SSSR count). The number of carbonyl (C=O) groups is 1. The third kappa shape index (κ3) is 8.52. The summed E-state index contributed by atoms with van der Waals surface area (Å²) in [4.78, 5) is 36.5. The fraction of sp³-hybridized carbons (Fsp3) is 0.800. The first-order chi connectivity index (χ1) is 8.48. The van der Waals surface area contributed by atoms with Crippen LogP contribution in [0.3, 0.4) is 0 Å². The zero-order valence-electron chi connectivity index (χ0n) is 9.23. The highest BCUT2D eigenvalue weighted by Crippen LogP contribution is 2.40. The first kappa shape index (κ1) is 18.8. The molecule has 0 heterocycles. The quantitative estimate of drug-likeness (QED) is 0.190. The number of Topliss-reactive ketones (excluding diaryl/α,β-unsaturated/α-hetero) is 1. The summed E-state index contributed by atoms with van der Waals surface area (Å²) >= 11 is 0. The molecule has 0 bridgehead atoms. The molecule has 14 heteroatoms. The monoisotopic (exact) mass is 325 g/mol. The van der Waals surface area contributed by atoms with Crippen LogP contribution in [0.2, 0.25) is 0 Å². The van der Waals surface area contributed by atoms with Crippen molar-refractivity contribution in [2.24, 2.45) is 5.90 Å². The second-order valence-corrected chi connectivity index (χ2v) is 5.76. The Bertz CT molecular complexity index is 393. The number of aliphatic hydroxyl groups excluding tert-OH is 2. The maximum atomic E-state index is 11.2. The molecular formula is C5H13NO11P2. The maximum Gasteiger partial charge on any atom is 0.489 e. The van der Waals surface area contributed by atoms with Crippen LogP contribution in [0.5, 0.6) is 0 Å². The van der Waals surface area contributed by atoms with Crippen molar-refractivity contribution in [3.05, 3.63) is 0 Å². The summed E-state index contributed by atoms with van der Waals surface area (Å²) in [6.45, 7) is -2.17. The number of nitrogens with two attached hydrogens (primary N) is 1. The van der Waals surface area contributed by atoms with Gasteiger partial charge in [-0.15, -0.1) is 0 Å². The lowest BCUT2D eigenvalue weighted by Gasteiger charge is -2.17. The second-order valence-electron chi connectivity index (χ2n) is 3.11. The van der Waals surface area contributed by atoms with Gasteiger partial charge in [-0.3, -0.25) is 13.8 Å². The molecule has 114 valence electrons. The van der Waals surface area contributed by atoms with Crippen LogP contribution in [0.1, 0.15) is 0 Å². The van der Waals surface area contributed by atoms with Gasteiger partial charge < -0.3 is 24.9 Å². The van der Waals surface area contributed by atoms with E-state index in [9.17, 15) is 19.0 Å². The molecule has 19 heavy (non-hydrogen) atoms. The molecule has 0 aliphatic heterocycles. The molecule has 0 radical (unpaired) electrons. The first-order valence-corrected chi connectivity index (χ1v) is 7.46. The predicted molar refractivity (Wildman–Crippen MR) is 56.1 cm³/mol. The zero-order chi connectivity index (χ0) is 15.3. The van der Waals surface area contributed by atoms with Crippen molar-refractivity contribution in [2.45, 2.75) is 12.2 Å². The molecule has 0 aromatic rings. The van der Waals surface area contributed by atoms with Crippen molar-refractivity contribution in [3.63, 3.8) is 0 Å².